The first-order chi connectivity index (χ1) is 12.5. The van der Waals surface area contributed by atoms with E-state index in [-0.39, 0.29) is 11.7 Å². The molecule has 0 fully saturated rings. The zero-order chi connectivity index (χ0) is 20.2. The average Bonchev–Trinajstić information content (AvgIpc) is 2.60. The third-order valence-electron chi connectivity index (χ3n) is 4.62. The third kappa shape index (κ3) is 5.40. The van der Waals surface area contributed by atoms with Crippen LogP contribution in [0.3, 0.4) is 0 Å². The highest BCUT2D eigenvalue weighted by Crippen LogP contribution is 2.24. The Bertz CT molecular complexity index is 887. The minimum Gasteiger partial charge on any atom is -0.326 e. The van der Waals surface area contributed by atoms with Crippen molar-refractivity contribution in [1.82, 2.24) is 0 Å². The lowest BCUT2D eigenvalue weighted by Crippen LogP contribution is -2.30. The summed E-state index contributed by atoms with van der Waals surface area (Å²) in [7, 11) is -3.29. The van der Waals surface area contributed by atoms with Crippen molar-refractivity contribution in [3.8, 4) is 0 Å². The number of hydrogen-bond acceptors (Lipinski definition) is 4. The fraction of sp³-hybridized carbons (Fsp3) is 0.381. The van der Waals surface area contributed by atoms with Crippen LogP contribution in [0.25, 0.3) is 0 Å². The zero-order valence-corrected chi connectivity index (χ0v) is 17.1. The Balaban J connectivity index is 2.10. The number of carbonyl (C=O) groups is 1. The summed E-state index contributed by atoms with van der Waals surface area (Å²) in [6, 6.07) is 16.0. The van der Waals surface area contributed by atoms with Gasteiger partial charge in [-0.1, -0.05) is 49.4 Å². The van der Waals surface area contributed by atoms with Gasteiger partial charge in [-0.2, -0.15) is 0 Å². The van der Waals surface area contributed by atoms with Gasteiger partial charge in [0.1, 0.15) is 0 Å². The molecule has 0 bridgehead atoms. The molecule has 27 heavy (non-hydrogen) atoms. The van der Waals surface area contributed by atoms with E-state index in [0.29, 0.717) is 11.3 Å². The van der Waals surface area contributed by atoms with E-state index in [9.17, 15) is 13.2 Å². The van der Waals surface area contributed by atoms with Crippen molar-refractivity contribution in [2.75, 3.05) is 5.32 Å². The number of hydrogen-bond donors (Lipinski definition) is 2. The van der Waals surface area contributed by atoms with E-state index >= 15 is 0 Å². The molecule has 6 heteroatoms. The summed E-state index contributed by atoms with van der Waals surface area (Å²) >= 11 is 0. The summed E-state index contributed by atoms with van der Waals surface area (Å²) in [5, 5.41) is 2.84. The molecule has 2 rings (SSSR count). The molecule has 0 aromatic heterocycles. The Morgan fingerprint density at radius 3 is 2.30 bits per heavy atom. The number of amides is 1. The molecule has 0 saturated carbocycles. The fourth-order valence-corrected chi connectivity index (χ4v) is 3.61. The Hall–Kier alpha value is -2.18. The normalized spacial score (nSPS) is 14.4. The average molecular weight is 389 g/mol. The van der Waals surface area contributed by atoms with Gasteiger partial charge in [0.15, 0.2) is 9.84 Å². The monoisotopic (exact) mass is 388 g/mol. The predicted molar refractivity (Wildman–Crippen MR) is 110 cm³/mol. The van der Waals surface area contributed by atoms with E-state index < -0.39 is 26.5 Å². The Kier molecular flexibility index (Phi) is 6.44. The summed E-state index contributed by atoms with van der Waals surface area (Å²) in [5.74, 6) is -0.712. The molecule has 0 aliphatic rings. The molecule has 2 atom stereocenters. The summed E-state index contributed by atoms with van der Waals surface area (Å²) in [4.78, 5) is 12.6. The number of carbonyl (C=O) groups excluding carboxylic acids is 1. The Morgan fingerprint density at radius 2 is 1.70 bits per heavy atom. The van der Waals surface area contributed by atoms with E-state index in [1.54, 1.807) is 52.0 Å². The van der Waals surface area contributed by atoms with Gasteiger partial charge in [-0.3, -0.25) is 4.79 Å². The number of rotatable bonds is 6. The summed E-state index contributed by atoms with van der Waals surface area (Å²) < 4.78 is 24.0. The minimum absolute atomic E-state index is 0.0701. The number of sulfone groups is 1. The topological polar surface area (TPSA) is 89.3 Å². The van der Waals surface area contributed by atoms with E-state index in [0.717, 1.165) is 5.56 Å². The molecule has 0 aliphatic carbocycles. The highest BCUT2D eigenvalue weighted by atomic mass is 32.2. The predicted octanol–water partition coefficient (Wildman–Crippen LogP) is 3.67. The van der Waals surface area contributed by atoms with Gasteiger partial charge in [0.25, 0.3) is 0 Å². The lowest BCUT2D eigenvalue weighted by molar-refractivity contribution is -0.120. The molecule has 5 nitrogen and oxygen atoms in total. The quantitative estimate of drug-likeness (QED) is 0.790. The van der Waals surface area contributed by atoms with E-state index in [2.05, 4.69) is 5.32 Å². The fourth-order valence-electron chi connectivity index (χ4n) is 2.56. The van der Waals surface area contributed by atoms with E-state index in [1.165, 1.54) is 0 Å². The molecular formula is C21H28N2O3S. The molecule has 3 N–H and O–H groups in total. The molecule has 2 aromatic rings. The highest BCUT2D eigenvalue weighted by Gasteiger charge is 2.29. The molecule has 0 radical (unpaired) electrons. The first kappa shape index (κ1) is 21.1. The van der Waals surface area contributed by atoms with Gasteiger partial charge in [-0.05, 0) is 44.0 Å². The maximum absolute atomic E-state index is 12.6. The van der Waals surface area contributed by atoms with Gasteiger partial charge < -0.3 is 11.1 Å². The van der Waals surface area contributed by atoms with Crippen molar-refractivity contribution >= 4 is 21.4 Å². The van der Waals surface area contributed by atoms with Crippen LogP contribution in [0.15, 0.2) is 54.6 Å². The number of anilines is 1. The molecule has 2 unspecified atom stereocenters. The SMILES string of the molecule is CC(C(=O)Nc1cccc(CS(=O)(=O)C(C)(C)C)c1)C(N)c1ccccc1. The molecule has 0 heterocycles. The maximum atomic E-state index is 12.6. The van der Waals surface area contributed by atoms with Crippen LogP contribution in [0.5, 0.6) is 0 Å². The molecule has 2 aromatic carbocycles. The Morgan fingerprint density at radius 1 is 1.07 bits per heavy atom. The Labute approximate surface area is 161 Å². The second kappa shape index (κ2) is 8.23. The van der Waals surface area contributed by atoms with Crippen LogP contribution in [0.2, 0.25) is 0 Å². The molecular weight excluding hydrogens is 360 g/mol. The molecule has 0 saturated heterocycles. The summed E-state index contributed by atoms with van der Waals surface area (Å²) in [6.07, 6.45) is 0. The number of benzene rings is 2. The smallest absolute Gasteiger partial charge is 0.229 e. The van der Waals surface area contributed by atoms with Crippen LogP contribution in [-0.2, 0) is 20.4 Å². The first-order valence-electron chi connectivity index (χ1n) is 8.94. The second-order valence-corrected chi connectivity index (χ2v) is 10.5. The first-order valence-corrected chi connectivity index (χ1v) is 10.6. The third-order valence-corrected chi connectivity index (χ3v) is 7.20. The maximum Gasteiger partial charge on any atom is 0.229 e. The van der Waals surface area contributed by atoms with Crippen molar-refractivity contribution in [3.05, 3.63) is 65.7 Å². The summed E-state index contributed by atoms with van der Waals surface area (Å²) in [6.45, 7) is 6.82. The van der Waals surface area contributed by atoms with Crippen LogP contribution in [-0.4, -0.2) is 19.1 Å². The van der Waals surface area contributed by atoms with Gasteiger partial charge in [0.05, 0.1) is 16.4 Å². The number of nitrogens with two attached hydrogens (primary N) is 1. The van der Waals surface area contributed by atoms with Crippen molar-refractivity contribution in [1.29, 1.82) is 0 Å². The number of nitrogens with one attached hydrogen (secondary N) is 1. The molecule has 0 spiro atoms. The minimum atomic E-state index is -3.29. The lowest BCUT2D eigenvalue weighted by Gasteiger charge is -2.21. The zero-order valence-electron chi connectivity index (χ0n) is 16.3. The van der Waals surface area contributed by atoms with Gasteiger partial charge in [-0.15, -0.1) is 0 Å². The van der Waals surface area contributed by atoms with Crippen molar-refractivity contribution in [3.63, 3.8) is 0 Å². The van der Waals surface area contributed by atoms with Crippen molar-refractivity contribution < 1.29 is 13.2 Å². The standard InChI is InChI=1S/C21H28N2O3S/c1-15(19(22)17-10-6-5-7-11-17)20(24)23-18-12-8-9-16(13-18)14-27(25,26)21(2,3)4/h5-13,15,19H,14,22H2,1-4H3,(H,23,24). The van der Waals surface area contributed by atoms with Crippen molar-refractivity contribution in [2.45, 2.75) is 44.2 Å². The highest BCUT2D eigenvalue weighted by molar-refractivity contribution is 7.91. The van der Waals surface area contributed by atoms with Crippen molar-refractivity contribution in [2.24, 2.45) is 11.7 Å². The second-order valence-electron chi connectivity index (χ2n) is 7.79. The van der Waals surface area contributed by atoms with E-state index in [4.69, 9.17) is 5.73 Å². The largest absolute Gasteiger partial charge is 0.326 e. The van der Waals surface area contributed by atoms with Crippen LogP contribution >= 0.6 is 0 Å². The lowest BCUT2D eigenvalue weighted by atomic mass is 9.94. The van der Waals surface area contributed by atoms with Crippen LogP contribution < -0.4 is 11.1 Å². The van der Waals surface area contributed by atoms with Gasteiger partial charge in [0.2, 0.25) is 5.91 Å². The van der Waals surface area contributed by atoms with Gasteiger partial charge in [-0.25, -0.2) is 8.42 Å². The van der Waals surface area contributed by atoms with Crippen LogP contribution in [0.1, 0.15) is 44.9 Å². The van der Waals surface area contributed by atoms with E-state index in [1.807, 2.05) is 30.3 Å². The molecule has 1 amide bonds. The van der Waals surface area contributed by atoms with Crippen LogP contribution in [0, 0.1) is 5.92 Å². The van der Waals surface area contributed by atoms with Gasteiger partial charge >= 0.3 is 0 Å². The molecule has 0 aliphatic heterocycles. The van der Waals surface area contributed by atoms with Gasteiger partial charge in [0, 0.05) is 11.7 Å². The van der Waals surface area contributed by atoms with Crippen LogP contribution in [0.4, 0.5) is 5.69 Å². The molecule has 146 valence electrons. The summed E-state index contributed by atoms with van der Waals surface area (Å²) in [5.41, 5.74) is 8.31.